The Labute approximate surface area is 110 Å². The van der Waals surface area contributed by atoms with Gasteiger partial charge in [-0.25, -0.2) is 0 Å². The number of nitrogens with one attached hydrogen (secondary N) is 1. The highest BCUT2D eigenvalue weighted by atomic mass is 32.2. The minimum absolute atomic E-state index is 0.583. The zero-order valence-corrected chi connectivity index (χ0v) is 12.6. The predicted molar refractivity (Wildman–Crippen MR) is 75.7 cm³/mol. The predicted octanol–water partition coefficient (Wildman–Crippen LogP) is 3.00. The van der Waals surface area contributed by atoms with Crippen molar-refractivity contribution in [3.05, 3.63) is 0 Å². The molecule has 0 bridgehead atoms. The number of rotatable bonds is 9. The van der Waals surface area contributed by atoms with E-state index in [2.05, 4.69) is 26.1 Å². The molecule has 17 heavy (non-hydrogen) atoms. The topological polar surface area (TPSA) is 49.3 Å². The van der Waals surface area contributed by atoms with Crippen LogP contribution in [0.1, 0.15) is 47.5 Å². The molecule has 3 nitrogen and oxygen atoms in total. The van der Waals surface area contributed by atoms with E-state index in [9.17, 15) is 9.90 Å². The van der Waals surface area contributed by atoms with Gasteiger partial charge in [0, 0.05) is 5.25 Å². The van der Waals surface area contributed by atoms with Crippen molar-refractivity contribution in [2.24, 2.45) is 5.92 Å². The van der Waals surface area contributed by atoms with E-state index in [4.69, 9.17) is 0 Å². The number of hydrogen-bond donors (Lipinski definition) is 2. The van der Waals surface area contributed by atoms with Crippen molar-refractivity contribution in [2.45, 2.75) is 58.2 Å². The maximum Gasteiger partial charge on any atom is 0.323 e. The largest absolute Gasteiger partial charge is 0.480 e. The Hall–Kier alpha value is -0.220. The van der Waals surface area contributed by atoms with Gasteiger partial charge < -0.3 is 10.4 Å². The van der Waals surface area contributed by atoms with Crippen LogP contribution in [0.3, 0.4) is 0 Å². The van der Waals surface area contributed by atoms with E-state index in [1.807, 2.05) is 18.7 Å². The molecular weight excluding hydrogens is 234 g/mol. The molecule has 0 rings (SSSR count). The molecular formula is C13H27NO2S. The van der Waals surface area contributed by atoms with E-state index in [-0.39, 0.29) is 0 Å². The Morgan fingerprint density at radius 3 is 2.41 bits per heavy atom. The Morgan fingerprint density at radius 1 is 1.41 bits per heavy atom. The molecule has 0 aromatic carbocycles. The lowest BCUT2D eigenvalue weighted by atomic mass is 9.99. The molecule has 2 unspecified atom stereocenters. The minimum atomic E-state index is -0.778. The number of thioether (sulfide) groups is 1. The Bertz CT molecular complexity index is 233. The molecule has 0 aliphatic heterocycles. The lowest BCUT2D eigenvalue weighted by molar-refractivity contribution is -0.144. The lowest BCUT2D eigenvalue weighted by Crippen LogP contribution is -2.50. The van der Waals surface area contributed by atoms with Gasteiger partial charge in [0.05, 0.1) is 0 Å². The lowest BCUT2D eigenvalue weighted by Gasteiger charge is -2.27. The quantitative estimate of drug-likeness (QED) is 0.670. The third-order valence-electron chi connectivity index (χ3n) is 3.16. The number of carboxylic acids is 1. The highest BCUT2D eigenvalue weighted by Crippen LogP contribution is 2.22. The van der Waals surface area contributed by atoms with Gasteiger partial charge in [-0.15, -0.1) is 0 Å². The van der Waals surface area contributed by atoms with Crippen LogP contribution in [-0.2, 0) is 4.79 Å². The fraction of sp³-hybridized carbons (Fsp3) is 0.923. The summed E-state index contributed by atoms with van der Waals surface area (Å²) in [4.78, 5) is 11.3. The highest BCUT2D eigenvalue weighted by molar-refractivity contribution is 7.99. The molecule has 0 aliphatic rings. The Balaban J connectivity index is 4.13. The summed E-state index contributed by atoms with van der Waals surface area (Å²) in [6.45, 7) is 11.2. The zero-order chi connectivity index (χ0) is 13.5. The third-order valence-corrected chi connectivity index (χ3v) is 4.67. The van der Waals surface area contributed by atoms with Crippen LogP contribution in [0.5, 0.6) is 0 Å². The van der Waals surface area contributed by atoms with Crippen LogP contribution in [0, 0.1) is 5.92 Å². The molecule has 0 amide bonds. The minimum Gasteiger partial charge on any atom is -0.480 e. The van der Waals surface area contributed by atoms with Gasteiger partial charge in [0.1, 0.15) is 5.54 Å². The van der Waals surface area contributed by atoms with Crippen LogP contribution in [0.4, 0.5) is 0 Å². The normalized spacial score (nSPS) is 16.8. The van der Waals surface area contributed by atoms with Crippen molar-refractivity contribution in [3.63, 3.8) is 0 Å². The van der Waals surface area contributed by atoms with E-state index in [1.54, 1.807) is 6.92 Å². The van der Waals surface area contributed by atoms with Crippen LogP contribution in [-0.4, -0.2) is 34.2 Å². The van der Waals surface area contributed by atoms with Crippen molar-refractivity contribution in [1.82, 2.24) is 5.32 Å². The SMILES string of the molecule is CCCNC(C)(CCSC(C)C(C)C)C(=O)O. The van der Waals surface area contributed by atoms with Gasteiger partial charge in [-0.1, -0.05) is 27.7 Å². The molecule has 0 aromatic heterocycles. The van der Waals surface area contributed by atoms with E-state index in [0.717, 1.165) is 18.7 Å². The van der Waals surface area contributed by atoms with E-state index < -0.39 is 11.5 Å². The van der Waals surface area contributed by atoms with E-state index in [0.29, 0.717) is 17.6 Å². The first-order chi connectivity index (χ1) is 7.83. The highest BCUT2D eigenvalue weighted by Gasteiger charge is 2.31. The number of hydrogen-bond acceptors (Lipinski definition) is 3. The van der Waals surface area contributed by atoms with Crippen LogP contribution in [0.25, 0.3) is 0 Å². The van der Waals surface area contributed by atoms with Crippen molar-refractivity contribution >= 4 is 17.7 Å². The third kappa shape index (κ3) is 6.32. The number of carboxylic acid groups (broad SMARTS) is 1. The first-order valence-electron chi connectivity index (χ1n) is 6.43. The van der Waals surface area contributed by atoms with E-state index in [1.165, 1.54) is 0 Å². The van der Waals surface area contributed by atoms with Crippen LogP contribution >= 0.6 is 11.8 Å². The molecule has 0 saturated heterocycles. The summed E-state index contributed by atoms with van der Waals surface area (Å²) in [6.07, 6.45) is 1.63. The molecule has 0 aliphatic carbocycles. The summed E-state index contributed by atoms with van der Waals surface area (Å²) < 4.78 is 0. The average molecular weight is 261 g/mol. The fourth-order valence-corrected chi connectivity index (χ4v) is 2.60. The Morgan fingerprint density at radius 2 is 2.00 bits per heavy atom. The van der Waals surface area contributed by atoms with Crippen molar-refractivity contribution < 1.29 is 9.90 Å². The standard InChI is InChI=1S/C13H27NO2S/c1-6-8-14-13(5,12(15)16)7-9-17-11(4)10(2)3/h10-11,14H,6-9H2,1-5H3,(H,15,16). The molecule has 0 fully saturated rings. The van der Waals surface area contributed by atoms with Gasteiger partial charge >= 0.3 is 5.97 Å². The van der Waals surface area contributed by atoms with E-state index >= 15 is 0 Å². The summed E-state index contributed by atoms with van der Waals surface area (Å²) in [5.41, 5.74) is -0.778. The van der Waals surface area contributed by atoms with Crippen LogP contribution < -0.4 is 5.32 Å². The van der Waals surface area contributed by atoms with Crippen LogP contribution in [0.2, 0.25) is 0 Å². The second-order valence-electron chi connectivity index (χ2n) is 5.13. The smallest absolute Gasteiger partial charge is 0.323 e. The summed E-state index contributed by atoms with van der Waals surface area (Å²) in [7, 11) is 0. The average Bonchev–Trinajstić information content (AvgIpc) is 2.25. The van der Waals surface area contributed by atoms with Crippen molar-refractivity contribution in [3.8, 4) is 0 Å². The van der Waals surface area contributed by atoms with Crippen molar-refractivity contribution in [1.29, 1.82) is 0 Å². The monoisotopic (exact) mass is 261 g/mol. The second-order valence-corrected chi connectivity index (χ2v) is 6.62. The Kier molecular flexibility index (Phi) is 7.88. The van der Waals surface area contributed by atoms with Crippen molar-refractivity contribution in [2.75, 3.05) is 12.3 Å². The summed E-state index contributed by atoms with van der Waals surface area (Å²) >= 11 is 1.86. The maximum atomic E-state index is 11.3. The molecule has 0 aromatic rings. The van der Waals surface area contributed by atoms with Gasteiger partial charge in [0.2, 0.25) is 0 Å². The zero-order valence-electron chi connectivity index (χ0n) is 11.7. The summed E-state index contributed by atoms with van der Waals surface area (Å²) in [5, 5.41) is 13.0. The second kappa shape index (κ2) is 7.98. The molecule has 102 valence electrons. The van der Waals surface area contributed by atoms with Crippen LogP contribution in [0.15, 0.2) is 0 Å². The molecule has 2 N–H and O–H groups in total. The molecule has 0 saturated carbocycles. The molecule has 0 heterocycles. The summed E-state index contributed by atoms with van der Waals surface area (Å²) in [6, 6.07) is 0. The number of aliphatic carboxylic acids is 1. The van der Waals surface area contributed by atoms with Gasteiger partial charge in [-0.05, 0) is 38.0 Å². The van der Waals surface area contributed by atoms with Gasteiger partial charge in [-0.2, -0.15) is 11.8 Å². The summed E-state index contributed by atoms with van der Waals surface area (Å²) in [5.74, 6) is 0.780. The molecule has 0 radical (unpaired) electrons. The van der Waals surface area contributed by atoms with Gasteiger partial charge in [-0.3, -0.25) is 4.79 Å². The molecule has 2 atom stereocenters. The number of carbonyl (C=O) groups is 1. The van der Waals surface area contributed by atoms with Gasteiger partial charge in [0.15, 0.2) is 0 Å². The maximum absolute atomic E-state index is 11.3. The first kappa shape index (κ1) is 16.8. The van der Waals surface area contributed by atoms with Gasteiger partial charge in [0.25, 0.3) is 0 Å². The molecule has 4 heteroatoms. The molecule has 0 spiro atoms. The first-order valence-corrected chi connectivity index (χ1v) is 7.48. The fourth-order valence-electron chi connectivity index (χ4n) is 1.31.